The molecular formula is C73H136O12. The largest absolute Gasteiger partial charge is 0.502 e. The molecule has 0 spiro atoms. The number of carbonyl (C=O) groups excluding carboxylic acids is 5. The zero-order valence-corrected chi connectivity index (χ0v) is 57.7. The number of hydrogen-bond acceptors (Lipinski definition) is 12. The topological polar surface area (TPSA) is 150 Å². The van der Waals surface area contributed by atoms with Gasteiger partial charge in [0.15, 0.2) is 0 Å². The summed E-state index contributed by atoms with van der Waals surface area (Å²) in [6.45, 7) is 41.0. The summed E-state index contributed by atoms with van der Waals surface area (Å²) in [4.78, 5) is 58.0. The predicted molar refractivity (Wildman–Crippen MR) is 358 cm³/mol. The monoisotopic (exact) mass is 1210 g/mol. The van der Waals surface area contributed by atoms with Gasteiger partial charge in [-0.1, -0.05) is 247 Å². The van der Waals surface area contributed by atoms with Crippen molar-refractivity contribution in [3.63, 3.8) is 0 Å². The highest BCUT2D eigenvalue weighted by molar-refractivity contribution is 5.71. The van der Waals surface area contributed by atoms with Crippen LogP contribution >= 0.6 is 0 Å². The second kappa shape index (κ2) is 73.9. The second-order valence-corrected chi connectivity index (χ2v) is 23.3. The van der Waals surface area contributed by atoms with E-state index in [-0.39, 0.29) is 54.7 Å². The first-order valence-electron chi connectivity index (χ1n) is 34.1. The molecule has 500 valence electrons. The fourth-order valence-corrected chi connectivity index (χ4v) is 7.97. The maximum atomic E-state index is 12.1. The van der Waals surface area contributed by atoms with E-state index in [0.717, 1.165) is 102 Å². The van der Waals surface area contributed by atoms with Crippen LogP contribution in [0.3, 0.4) is 0 Å². The Bertz CT molecular complexity index is 1520. The Morgan fingerprint density at radius 3 is 1.19 bits per heavy atom. The molecule has 0 aliphatic carbocycles. The maximum absolute atomic E-state index is 12.1. The molecule has 0 heterocycles. The third kappa shape index (κ3) is 83.9. The van der Waals surface area contributed by atoms with Gasteiger partial charge in [0.25, 0.3) is 0 Å². The van der Waals surface area contributed by atoms with E-state index in [2.05, 4.69) is 75.1 Å². The minimum Gasteiger partial charge on any atom is -0.502 e. The molecule has 85 heavy (non-hydrogen) atoms. The van der Waals surface area contributed by atoms with Gasteiger partial charge in [0.1, 0.15) is 0 Å². The summed E-state index contributed by atoms with van der Waals surface area (Å²) in [5.41, 5.74) is 1.24. The quantitative estimate of drug-likeness (QED) is 0.0187. The first kappa shape index (κ1) is 89.4. The van der Waals surface area contributed by atoms with Crippen LogP contribution in [0.15, 0.2) is 61.6 Å². The lowest BCUT2D eigenvalue weighted by atomic mass is 10.1. The highest BCUT2D eigenvalue weighted by atomic mass is 16.6. The maximum Gasteiger partial charge on any atom is 0.306 e. The Kier molecular flexibility index (Phi) is 77.7. The Morgan fingerprint density at radius 1 is 0.424 bits per heavy atom. The minimum absolute atomic E-state index is 0.104. The highest BCUT2D eigenvalue weighted by Gasteiger charge is 2.19. The van der Waals surface area contributed by atoms with Crippen LogP contribution in [0.5, 0.6) is 0 Å². The fourth-order valence-electron chi connectivity index (χ4n) is 7.97. The van der Waals surface area contributed by atoms with E-state index in [1.165, 1.54) is 128 Å². The van der Waals surface area contributed by atoms with E-state index >= 15 is 0 Å². The molecule has 0 N–H and O–H groups in total. The molecule has 0 aliphatic rings. The van der Waals surface area contributed by atoms with Gasteiger partial charge in [-0.15, -0.1) is 0 Å². The van der Waals surface area contributed by atoms with Crippen molar-refractivity contribution in [3.8, 4) is 0 Å². The molecule has 1 atom stereocenters. The lowest BCUT2D eigenvalue weighted by Gasteiger charge is -2.18. The molecule has 0 bridgehead atoms. The van der Waals surface area contributed by atoms with Crippen molar-refractivity contribution >= 4 is 29.8 Å². The molecule has 0 saturated heterocycles. The van der Waals surface area contributed by atoms with E-state index in [4.69, 9.17) is 33.2 Å². The van der Waals surface area contributed by atoms with Crippen LogP contribution in [0.25, 0.3) is 0 Å². The van der Waals surface area contributed by atoms with Crippen LogP contribution in [-0.4, -0.2) is 76.1 Å². The molecule has 0 radical (unpaired) electrons. The SMILES string of the molecule is C=C(CCCCCCCC)OCC(COC(=O)CCCCCCCC)CC(=O)OCCC.C=C/C=C(C)\C=C/C.C=COCCC(C)C.CC(=O)OCCCC(C)C.CCCCCCCCC(=O)OCC(CC)COC(=O)CCCCCCCC. The first-order valence-corrected chi connectivity index (χ1v) is 34.1. The van der Waals surface area contributed by atoms with Crippen molar-refractivity contribution < 1.29 is 57.1 Å². The molecule has 12 nitrogen and oxygen atoms in total. The number of unbranched alkanes of at least 4 members (excludes halogenated alkanes) is 20. The number of esters is 5. The van der Waals surface area contributed by atoms with Crippen molar-refractivity contribution in [1.82, 2.24) is 0 Å². The third-order valence-electron chi connectivity index (χ3n) is 13.4. The molecule has 0 aromatic carbocycles. The van der Waals surface area contributed by atoms with Crippen molar-refractivity contribution in [2.75, 3.05) is 46.2 Å². The van der Waals surface area contributed by atoms with Gasteiger partial charge in [-0.25, -0.2) is 0 Å². The third-order valence-corrected chi connectivity index (χ3v) is 13.4. The standard InChI is InChI=1S/C27H50O5.C23H44O4.C8H16O2.C8H12.C7H14O/c1-5-8-10-12-14-16-18-24(4)31-22-25(21-27(29)30-20-7-3)23-32-26(28)19-17-15-13-11-9-6-2;1-4-7-9-11-13-15-17-22(24)26-19-21(6-3)20-27-23(25)18-16-14-12-10-8-5-2;1-7(2)5-4-6-10-8(3)9;1-4-6-8(3)7-5-2;1-4-8-6-5-7(2)3/h25H,4-23H2,1-3H3;21H,4-20H2,1-3H3;7H,4-6H2,1-3H3;4-7H,1H2,2-3H3;4,7H,1,5-6H2,2-3H3/b;;;7-5-,8-6-;. The normalized spacial score (nSPS) is 11.1. The molecule has 0 rings (SSSR count). The average Bonchev–Trinajstić information content (AvgIpc) is 3.48. The van der Waals surface area contributed by atoms with E-state index in [0.29, 0.717) is 58.2 Å². The predicted octanol–water partition coefficient (Wildman–Crippen LogP) is 21.0. The number of ether oxygens (including phenoxy) is 7. The molecule has 0 saturated carbocycles. The van der Waals surface area contributed by atoms with Crippen molar-refractivity contribution in [3.05, 3.63) is 61.6 Å². The van der Waals surface area contributed by atoms with E-state index < -0.39 is 0 Å². The summed E-state index contributed by atoms with van der Waals surface area (Å²) >= 11 is 0. The average molecular weight is 1210 g/mol. The van der Waals surface area contributed by atoms with Gasteiger partial charge in [0.2, 0.25) is 0 Å². The Labute approximate surface area is 524 Å². The molecular weight excluding hydrogens is 1070 g/mol. The molecule has 0 aromatic heterocycles. The minimum atomic E-state index is -0.269. The van der Waals surface area contributed by atoms with Crippen molar-refractivity contribution in [2.24, 2.45) is 23.7 Å². The van der Waals surface area contributed by atoms with Crippen molar-refractivity contribution in [1.29, 1.82) is 0 Å². The zero-order chi connectivity index (χ0) is 64.8. The molecule has 0 aromatic rings. The van der Waals surface area contributed by atoms with E-state index in [1.54, 1.807) is 6.08 Å². The van der Waals surface area contributed by atoms with Gasteiger partial charge in [-0.05, 0) is 83.5 Å². The molecule has 0 amide bonds. The summed E-state index contributed by atoms with van der Waals surface area (Å²) in [5.74, 6) is 1.18. The molecule has 0 fully saturated rings. The Hall–Kier alpha value is -4.35. The number of hydrogen-bond donors (Lipinski definition) is 0. The smallest absolute Gasteiger partial charge is 0.306 e. The molecule has 1 unspecified atom stereocenters. The van der Waals surface area contributed by atoms with E-state index in [9.17, 15) is 24.0 Å². The summed E-state index contributed by atoms with van der Waals surface area (Å²) in [7, 11) is 0. The van der Waals surface area contributed by atoms with Gasteiger partial charge in [0.05, 0.1) is 64.7 Å². The number of carbonyl (C=O) groups is 5. The van der Waals surface area contributed by atoms with Crippen LogP contribution in [0.4, 0.5) is 0 Å². The Balaban J connectivity index is -0.000000356. The van der Waals surface area contributed by atoms with Gasteiger partial charge < -0.3 is 33.2 Å². The van der Waals surface area contributed by atoms with Crippen molar-refractivity contribution in [2.45, 2.75) is 308 Å². The molecule has 12 heteroatoms. The van der Waals surface area contributed by atoms with Gasteiger partial charge in [0, 0.05) is 44.4 Å². The first-order chi connectivity index (χ1) is 40.9. The number of allylic oxidation sites excluding steroid dienone is 6. The van der Waals surface area contributed by atoms with Gasteiger partial charge in [-0.3, -0.25) is 24.0 Å². The van der Waals surface area contributed by atoms with Crippen LogP contribution in [0.1, 0.15) is 308 Å². The summed E-state index contributed by atoms with van der Waals surface area (Å²) < 4.78 is 36.8. The van der Waals surface area contributed by atoms with Crippen LogP contribution in [-0.2, 0) is 57.1 Å². The summed E-state index contributed by atoms with van der Waals surface area (Å²) in [5, 5.41) is 0. The Morgan fingerprint density at radius 2 is 0.824 bits per heavy atom. The highest BCUT2D eigenvalue weighted by Crippen LogP contribution is 2.17. The van der Waals surface area contributed by atoms with Gasteiger partial charge in [-0.2, -0.15) is 0 Å². The zero-order valence-electron chi connectivity index (χ0n) is 57.7. The molecule has 0 aliphatic heterocycles. The summed E-state index contributed by atoms with van der Waals surface area (Å²) in [6, 6.07) is 0. The van der Waals surface area contributed by atoms with Crippen LogP contribution in [0.2, 0.25) is 0 Å². The van der Waals surface area contributed by atoms with E-state index in [1.807, 2.05) is 45.9 Å². The number of rotatable bonds is 52. The van der Waals surface area contributed by atoms with Crippen LogP contribution < -0.4 is 0 Å². The van der Waals surface area contributed by atoms with Gasteiger partial charge >= 0.3 is 29.8 Å². The fraction of sp³-hybridized carbons (Fsp3) is 0.795. The van der Waals surface area contributed by atoms with Crippen LogP contribution in [0, 0.1) is 23.7 Å². The summed E-state index contributed by atoms with van der Waals surface area (Å²) in [6.07, 6.45) is 44.7. The lowest BCUT2D eigenvalue weighted by Crippen LogP contribution is -2.23. The lowest BCUT2D eigenvalue weighted by molar-refractivity contribution is -0.151. The second-order valence-electron chi connectivity index (χ2n) is 23.3.